The van der Waals surface area contributed by atoms with E-state index in [4.69, 9.17) is 4.52 Å². The zero-order valence-corrected chi connectivity index (χ0v) is 12.5. The van der Waals surface area contributed by atoms with Crippen molar-refractivity contribution >= 4 is 17.2 Å². The van der Waals surface area contributed by atoms with E-state index in [0.29, 0.717) is 31.1 Å². The van der Waals surface area contributed by atoms with Gasteiger partial charge in [0, 0.05) is 30.9 Å². The van der Waals surface area contributed by atoms with Gasteiger partial charge in [-0.2, -0.15) is 16.3 Å². The van der Waals surface area contributed by atoms with E-state index in [1.54, 1.807) is 23.7 Å². The van der Waals surface area contributed by atoms with Gasteiger partial charge in [-0.15, -0.1) is 0 Å². The molecule has 0 unspecified atom stereocenters. The van der Waals surface area contributed by atoms with Gasteiger partial charge in [0.2, 0.25) is 17.6 Å². The monoisotopic (exact) mass is 314 g/mol. The second-order valence-electron chi connectivity index (χ2n) is 4.66. The maximum Gasteiger partial charge on any atom is 0.228 e. The van der Waals surface area contributed by atoms with E-state index < -0.39 is 0 Å². The molecular weight excluding hydrogens is 300 g/mol. The average Bonchev–Trinajstić information content (AvgIpc) is 3.20. The summed E-state index contributed by atoms with van der Waals surface area (Å²) in [7, 11) is 0. The molecule has 3 aromatic rings. The highest BCUT2D eigenvalue weighted by Crippen LogP contribution is 2.13. The molecule has 0 aliphatic rings. The maximum atomic E-state index is 11.7. The number of thiophene rings is 1. The molecule has 1 amide bonds. The van der Waals surface area contributed by atoms with Gasteiger partial charge in [-0.25, -0.2) is 0 Å². The number of hydrogen-bond donors (Lipinski definition) is 1. The van der Waals surface area contributed by atoms with Crippen LogP contribution in [0.2, 0.25) is 0 Å². The average molecular weight is 314 g/mol. The topological polar surface area (TPSA) is 80.9 Å². The molecular formula is C15H14N4O2S. The van der Waals surface area contributed by atoms with Crippen LogP contribution in [0.25, 0.3) is 11.4 Å². The molecule has 0 aromatic carbocycles. The van der Waals surface area contributed by atoms with E-state index in [1.165, 1.54) is 0 Å². The molecule has 0 aliphatic heterocycles. The Morgan fingerprint density at radius 1 is 1.36 bits per heavy atom. The number of pyridine rings is 1. The number of nitrogens with one attached hydrogen (secondary N) is 1. The highest BCUT2D eigenvalue weighted by Gasteiger charge is 2.09. The summed E-state index contributed by atoms with van der Waals surface area (Å²) in [6, 6.07) is 5.63. The number of carbonyl (C=O) groups is 1. The molecule has 6 nitrogen and oxygen atoms in total. The van der Waals surface area contributed by atoms with Crippen LogP contribution < -0.4 is 5.32 Å². The van der Waals surface area contributed by atoms with Gasteiger partial charge in [0.05, 0.1) is 6.42 Å². The minimum atomic E-state index is -0.00889. The van der Waals surface area contributed by atoms with Crippen LogP contribution >= 0.6 is 11.3 Å². The molecule has 0 spiro atoms. The second-order valence-corrected chi connectivity index (χ2v) is 5.44. The summed E-state index contributed by atoms with van der Waals surface area (Å²) in [5.41, 5.74) is 1.83. The molecule has 0 saturated carbocycles. The molecule has 1 N–H and O–H groups in total. The third-order valence-electron chi connectivity index (χ3n) is 2.99. The largest absolute Gasteiger partial charge is 0.355 e. The number of nitrogens with zero attached hydrogens (tertiary/aromatic N) is 3. The Morgan fingerprint density at radius 2 is 2.32 bits per heavy atom. The third kappa shape index (κ3) is 3.76. The Bertz CT molecular complexity index is 725. The quantitative estimate of drug-likeness (QED) is 0.753. The van der Waals surface area contributed by atoms with E-state index >= 15 is 0 Å². The first-order valence-electron chi connectivity index (χ1n) is 6.82. The minimum absolute atomic E-state index is 0.00889. The van der Waals surface area contributed by atoms with Gasteiger partial charge in [0.15, 0.2) is 0 Å². The zero-order chi connectivity index (χ0) is 15.2. The predicted molar refractivity (Wildman–Crippen MR) is 82.3 cm³/mol. The maximum absolute atomic E-state index is 11.7. The van der Waals surface area contributed by atoms with Gasteiger partial charge in [-0.1, -0.05) is 5.16 Å². The number of rotatable bonds is 6. The van der Waals surface area contributed by atoms with Crippen LogP contribution in [0.15, 0.2) is 45.9 Å². The van der Waals surface area contributed by atoms with Crippen molar-refractivity contribution in [1.29, 1.82) is 0 Å². The first kappa shape index (κ1) is 14.4. The molecule has 0 bridgehead atoms. The minimum Gasteiger partial charge on any atom is -0.355 e. The molecule has 7 heteroatoms. The van der Waals surface area contributed by atoms with E-state index in [9.17, 15) is 4.79 Å². The van der Waals surface area contributed by atoms with Crippen LogP contribution in [0, 0.1) is 0 Å². The molecule has 112 valence electrons. The Kier molecular flexibility index (Phi) is 4.55. The van der Waals surface area contributed by atoms with Crippen LogP contribution in [-0.2, 0) is 17.6 Å². The molecule has 3 rings (SSSR count). The van der Waals surface area contributed by atoms with Crippen molar-refractivity contribution < 1.29 is 9.32 Å². The smallest absolute Gasteiger partial charge is 0.228 e. The summed E-state index contributed by atoms with van der Waals surface area (Å²) in [4.78, 5) is 20.0. The highest BCUT2D eigenvalue weighted by atomic mass is 32.1. The lowest BCUT2D eigenvalue weighted by Gasteiger charge is -2.01. The van der Waals surface area contributed by atoms with E-state index in [-0.39, 0.29) is 5.91 Å². The van der Waals surface area contributed by atoms with Gasteiger partial charge in [0.1, 0.15) is 0 Å². The van der Waals surface area contributed by atoms with Crippen LogP contribution in [-0.4, -0.2) is 27.6 Å². The predicted octanol–water partition coefficient (Wildman–Crippen LogP) is 2.09. The Labute approximate surface area is 131 Å². The molecule has 0 fully saturated rings. The molecule has 22 heavy (non-hydrogen) atoms. The van der Waals surface area contributed by atoms with Crippen molar-refractivity contribution in [3.8, 4) is 11.4 Å². The fourth-order valence-electron chi connectivity index (χ4n) is 1.92. The van der Waals surface area contributed by atoms with Crippen molar-refractivity contribution in [3.05, 3.63) is 52.8 Å². The standard InChI is InChI=1S/C15H14N4O2S/c20-13(8-11-4-7-22-10-11)17-6-3-14-18-15(19-21-14)12-2-1-5-16-9-12/h1-2,4-5,7,9-10H,3,6,8H2,(H,17,20). The number of aromatic nitrogens is 3. The first-order chi connectivity index (χ1) is 10.8. The summed E-state index contributed by atoms with van der Waals surface area (Å²) in [6.45, 7) is 0.470. The molecule has 0 saturated heterocycles. The van der Waals surface area contributed by atoms with Crippen LogP contribution in [0.1, 0.15) is 11.5 Å². The van der Waals surface area contributed by atoms with Crippen molar-refractivity contribution in [2.24, 2.45) is 0 Å². The SMILES string of the molecule is O=C(Cc1ccsc1)NCCc1nc(-c2cccnc2)no1. The normalized spacial score (nSPS) is 10.5. The van der Waals surface area contributed by atoms with Gasteiger partial charge in [-0.3, -0.25) is 9.78 Å². The zero-order valence-electron chi connectivity index (χ0n) is 11.7. The number of carbonyl (C=O) groups excluding carboxylic acids is 1. The van der Waals surface area contributed by atoms with Crippen LogP contribution in [0.5, 0.6) is 0 Å². The fraction of sp³-hybridized carbons (Fsp3) is 0.200. The van der Waals surface area contributed by atoms with Crippen LogP contribution in [0.3, 0.4) is 0 Å². The lowest BCUT2D eigenvalue weighted by molar-refractivity contribution is -0.120. The second kappa shape index (κ2) is 6.95. The van der Waals surface area contributed by atoms with Crippen molar-refractivity contribution in [2.75, 3.05) is 6.54 Å². The number of amides is 1. The van der Waals surface area contributed by atoms with Gasteiger partial charge in [0.25, 0.3) is 0 Å². The van der Waals surface area contributed by atoms with E-state index in [1.807, 2.05) is 29.0 Å². The first-order valence-corrected chi connectivity index (χ1v) is 7.76. The summed E-state index contributed by atoms with van der Waals surface area (Å²) < 4.78 is 5.17. The fourth-order valence-corrected chi connectivity index (χ4v) is 2.59. The molecule has 0 radical (unpaired) electrons. The van der Waals surface area contributed by atoms with Gasteiger partial charge in [-0.05, 0) is 34.5 Å². The Morgan fingerprint density at radius 3 is 3.09 bits per heavy atom. The highest BCUT2D eigenvalue weighted by molar-refractivity contribution is 7.07. The van der Waals surface area contributed by atoms with Crippen molar-refractivity contribution in [1.82, 2.24) is 20.4 Å². The van der Waals surface area contributed by atoms with E-state index in [0.717, 1.165) is 11.1 Å². The van der Waals surface area contributed by atoms with Crippen molar-refractivity contribution in [2.45, 2.75) is 12.8 Å². The van der Waals surface area contributed by atoms with Gasteiger partial charge >= 0.3 is 0 Å². The van der Waals surface area contributed by atoms with Crippen molar-refractivity contribution in [3.63, 3.8) is 0 Å². The van der Waals surface area contributed by atoms with Gasteiger partial charge < -0.3 is 9.84 Å². The summed E-state index contributed by atoms with van der Waals surface area (Å²) >= 11 is 1.58. The molecule has 0 aliphatic carbocycles. The lowest BCUT2D eigenvalue weighted by Crippen LogP contribution is -2.27. The summed E-state index contributed by atoms with van der Waals surface area (Å²) in [5, 5.41) is 10.7. The van der Waals surface area contributed by atoms with E-state index in [2.05, 4.69) is 20.4 Å². The third-order valence-corrected chi connectivity index (χ3v) is 3.73. The Hall–Kier alpha value is -2.54. The summed E-state index contributed by atoms with van der Waals surface area (Å²) in [5.74, 6) is 0.993. The molecule has 3 heterocycles. The molecule has 0 atom stereocenters. The lowest BCUT2D eigenvalue weighted by atomic mass is 10.2. The molecule has 3 aromatic heterocycles. The van der Waals surface area contributed by atoms with Crippen LogP contribution in [0.4, 0.5) is 0 Å². The summed E-state index contributed by atoms with van der Waals surface area (Å²) in [6.07, 6.45) is 4.27. The Balaban J connectivity index is 1.48. The number of hydrogen-bond acceptors (Lipinski definition) is 6.